The molecule has 1 aliphatic heterocycles. The van der Waals surface area contributed by atoms with Crippen LogP contribution in [0.2, 0.25) is 10.0 Å². The van der Waals surface area contributed by atoms with E-state index in [9.17, 15) is 13.2 Å². The Bertz CT molecular complexity index is 685. The lowest BCUT2D eigenvalue weighted by molar-refractivity contribution is -0.126. The van der Waals surface area contributed by atoms with Crippen LogP contribution in [0.25, 0.3) is 0 Å². The third-order valence-corrected chi connectivity index (χ3v) is 6.26. The number of nitrogen functional groups attached to an aromatic ring is 1. The van der Waals surface area contributed by atoms with Crippen LogP contribution in [0.1, 0.15) is 13.3 Å². The van der Waals surface area contributed by atoms with Gasteiger partial charge in [0.2, 0.25) is 15.9 Å². The van der Waals surface area contributed by atoms with Crippen molar-refractivity contribution < 1.29 is 13.2 Å². The van der Waals surface area contributed by atoms with E-state index in [-0.39, 0.29) is 33.7 Å². The van der Waals surface area contributed by atoms with Crippen molar-refractivity contribution in [1.29, 1.82) is 0 Å². The summed E-state index contributed by atoms with van der Waals surface area (Å²) in [5.74, 6) is -0.532. The highest BCUT2D eigenvalue weighted by Crippen LogP contribution is 2.38. The molecular formula is C12H15Cl2N3O3S. The molecule has 116 valence electrons. The predicted molar refractivity (Wildman–Crippen MR) is 81.6 cm³/mol. The summed E-state index contributed by atoms with van der Waals surface area (Å²) in [6.07, 6.45) is 0.354. The van der Waals surface area contributed by atoms with E-state index in [0.717, 1.165) is 0 Å². The van der Waals surface area contributed by atoms with Crippen molar-refractivity contribution in [1.82, 2.24) is 4.31 Å². The van der Waals surface area contributed by atoms with Gasteiger partial charge in [0.25, 0.3) is 0 Å². The van der Waals surface area contributed by atoms with Crippen molar-refractivity contribution in [2.24, 2.45) is 11.1 Å². The first-order chi connectivity index (χ1) is 9.58. The SMILES string of the molecule is CC1(C(N)=O)CCN(S(=O)(=O)c2c(N)cc(Cl)cc2Cl)C1. The smallest absolute Gasteiger partial charge is 0.246 e. The standard InChI is InChI=1S/C12H15Cl2N3O3S/c1-12(11(16)18)2-3-17(6-12)21(19,20)10-8(14)4-7(13)5-9(10)15/h4-5H,2-3,6,15H2,1H3,(H2,16,18). The van der Waals surface area contributed by atoms with Gasteiger partial charge in [0.05, 0.1) is 16.1 Å². The van der Waals surface area contributed by atoms with Crippen molar-refractivity contribution in [3.05, 3.63) is 22.2 Å². The van der Waals surface area contributed by atoms with Crippen LogP contribution in [-0.4, -0.2) is 31.7 Å². The van der Waals surface area contributed by atoms with Crippen molar-refractivity contribution in [2.75, 3.05) is 18.8 Å². The summed E-state index contributed by atoms with van der Waals surface area (Å²) >= 11 is 11.8. The maximum absolute atomic E-state index is 12.7. The number of sulfonamides is 1. The van der Waals surface area contributed by atoms with Gasteiger partial charge in [-0.15, -0.1) is 0 Å². The maximum Gasteiger partial charge on any atom is 0.246 e. The van der Waals surface area contributed by atoms with Crippen LogP contribution in [-0.2, 0) is 14.8 Å². The van der Waals surface area contributed by atoms with Crippen molar-refractivity contribution in [3.8, 4) is 0 Å². The number of nitrogens with two attached hydrogens (primary N) is 2. The molecule has 0 bridgehead atoms. The number of anilines is 1. The Kier molecular flexibility index (Phi) is 4.14. The Hall–Kier alpha value is -1.02. The molecule has 1 saturated heterocycles. The zero-order valence-corrected chi connectivity index (χ0v) is 13.6. The van der Waals surface area contributed by atoms with Gasteiger partial charge in [-0.2, -0.15) is 4.31 Å². The third-order valence-electron chi connectivity index (χ3n) is 3.67. The fourth-order valence-electron chi connectivity index (χ4n) is 2.31. The summed E-state index contributed by atoms with van der Waals surface area (Å²) in [6.45, 7) is 1.82. The minimum atomic E-state index is -3.91. The average Bonchev–Trinajstić information content (AvgIpc) is 2.72. The molecule has 1 fully saturated rings. The minimum Gasteiger partial charge on any atom is -0.398 e. The summed E-state index contributed by atoms with van der Waals surface area (Å²) in [5, 5.41) is 0.201. The normalized spacial score (nSPS) is 23.4. The van der Waals surface area contributed by atoms with Crippen molar-refractivity contribution in [2.45, 2.75) is 18.2 Å². The number of carbonyl (C=O) groups excluding carboxylic acids is 1. The first-order valence-corrected chi connectivity index (χ1v) is 8.32. The van der Waals surface area contributed by atoms with Gasteiger partial charge in [0.15, 0.2) is 0 Å². The number of halogens is 2. The lowest BCUT2D eigenvalue weighted by atomic mass is 9.89. The van der Waals surface area contributed by atoms with Crippen molar-refractivity contribution in [3.63, 3.8) is 0 Å². The Labute approximate surface area is 133 Å². The van der Waals surface area contributed by atoms with Crippen LogP contribution < -0.4 is 11.5 Å². The largest absolute Gasteiger partial charge is 0.398 e. The Morgan fingerprint density at radius 1 is 1.38 bits per heavy atom. The van der Waals surface area contributed by atoms with E-state index in [1.54, 1.807) is 6.92 Å². The molecular weight excluding hydrogens is 337 g/mol. The highest BCUT2D eigenvalue weighted by Gasteiger charge is 2.44. The lowest BCUT2D eigenvalue weighted by Gasteiger charge is -2.22. The molecule has 2 rings (SSSR count). The topological polar surface area (TPSA) is 106 Å². The van der Waals surface area contributed by atoms with Gasteiger partial charge >= 0.3 is 0 Å². The molecule has 0 spiro atoms. The van der Waals surface area contributed by atoms with E-state index in [4.69, 9.17) is 34.7 Å². The lowest BCUT2D eigenvalue weighted by Crippen LogP contribution is -2.38. The summed E-state index contributed by atoms with van der Waals surface area (Å²) in [7, 11) is -3.91. The molecule has 0 aliphatic carbocycles. The zero-order valence-electron chi connectivity index (χ0n) is 11.3. The highest BCUT2D eigenvalue weighted by molar-refractivity contribution is 7.89. The minimum absolute atomic E-state index is 0.00304. The number of rotatable bonds is 3. The number of amides is 1. The summed E-state index contributed by atoms with van der Waals surface area (Å²) in [5.41, 5.74) is 10.1. The number of nitrogens with zero attached hydrogens (tertiary/aromatic N) is 1. The summed E-state index contributed by atoms with van der Waals surface area (Å²) < 4.78 is 26.5. The van der Waals surface area contributed by atoms with Crippen LogP contribution in [0.4, 0.5) is 5.69 Å². The summed E-state index contributed by atoms with van der Waals surface area (Å²) in [4.78, 5) is 11.3. The number of carbonyl (C=O) groups is 1. The highest BCUT2D eigenvalue weighted by atomic mass is 35.5. The van der Waals surface area contributed by atoms with Crippen LogP contribution in [0.15, 0.2) is 17.0 Å². The van der Waals surface area contributed by atoms with Gasteiger partial charge in [-0.05, 0) is 25.5 Å². The van der Waals surface area contributed by atoms with E-state index >= 15 is 0 Å². The van der Waals surface area contributed by atoms with Crippen LogP contribution in [0, 0.1) is 5.41 Å². The molecule has 0 aromatic heterocycles. The molecule has 6 nitrogen and oxygen atoms in total. The Morgan fingerprint density at radius 2 is 2.00 bits per heavy atom. The van der Waals surface area contributed by atoms with E-state index in [1.807, 2.05) is 0 Å². The van der Waals surface area contributed by atoms with E-state index in [0.29, 0.717) is 6.42 Å². The van der Waals surface area contributed by atoms with Gasteiger partial charge < -0.3 is 11.5 Å². The first kappa shape index (κ1) is 16.4. The molecule has 1 unspecified atom stereocenters. The van der Waals surface area contributed by atoms with E-state index in [1.165, 1.54) is 16.4 Å². The van der Waals surface area contributed by atoms with Gasteiger partial charge in [0.1, 0.15) is 4.90 Å². The molecule has 1 atom stereocenters. The Balaban J connectivity index is 2.44. The molecule has 9 heteroatoms. The van der Waals surface area contributed by atoms with Gasteiger partial charge in [-0.25, -0.2) is 8.42 Å². The van der Waals surface area contributed by atoms with Crippen LogP contribution in [0.5, 0.6) is 0 Å². The molecule has 1 heterocycles. The fourth-order valence-corrected chi connectivity index (χ4v) is 4.82. The Morgan fingerprint density at radius 3 is 2.48 bits per heavy atom. The fraction of sp³-hybridized carbons (Fsp3) is 0.417. The van der Waals surface area contributed by atoms with Gasteiger partial charge in [0, 0.05) is 18.1 Å². The quantitative estimate of drug-likeness (QED) is 0.803. The number of hydrogen-bond acceptors (Lipinski definition) is 4. The maximum atomic E-state index is 12.7. The molecule has 1 aromatic rings. The monoisotopic (exact) mass is 351 g/mol. The van der Waals surface area contributed by atoms with Gasteiger partial charge in [-0.3, -0.25) is 4.79 Å². The molecule has 21 heavy (non-hydrogen) atoms. The second kappa shape index (κ2) is 5.31. The molecule has 0 saturated carbocycles. The molecule has 1 aromatic carbocycles. The van der Waals surface area contributed by atoms with Crippen LogP contribution >= 0.6 is 23.2 Å². The second-order valence-electron chi connectivity index (χ2n) is 5.32. The third kappa shape index (κ3) is 2.83. The second-order valence-corrected chi connectivity index (χ2v) is 8.04. The molecule has 0 radical (unpaired) electrons. The van der Waals surface area contributed by atoms with Crippen LogP contribution in [0.3, 0.4) is 0 Å². The molecule has 1 aliphatic rings. The first-order valence-electron chi connectivity index (χ1n) is 6.12. The van der Waals surface area contributed by atoms with Gasteiger partial charge in [-0.1, -0.05) is 23.2 Å². The number of hydrogen-bond donors (Lipinski definition) is 2. The zero-order chi connectivity index (χ0) is 16.0. The molecule has 1 amide bonds. The van der Waals surface area contributed by atoms with Crippen molar-refractivity contribution >= 4 is 44.8 Å². The predicted octanol–water partition coefficient (Wildman–Crippen LogP) is 1.46. The number of benzene rings is 1. The van der Waals surface area contributed by atoms with E-state index < -0.39 is 21.3 Å². The van der Waals surface area contributed by atoms with E-state index in [2.05, 4.69) is 0 Å². The average molecular weight is 352 g/mol. The summed E-state index contributed by atoms with van der Waals surface area (Å²) in [6, 6.07) is 2.64. The number of primary amides is 1. The molecule has 4 N–H and O–H groups in total.